The molecule has 0 spiro atoms. The predicted octanol–water partition coefficient (Wildman–Crippen LogP) is 3.79. The molecule has 24 heavy (non-hydrogen) atoms. The van der Waals surface area contributed by atoms with Gasteiger partial charge in [-0.1, -0.05) is 17.7 Å². The Bertz CT molecular complexity index is 890. The van der Waals surface area contributed by atoms with E-state index in [4.69, 9.17) is 10.00 Å². The number of imidazole rings is 1. The van der Waals surface area contributed by atoms with Crippen molar-refractivity contribution in [3.63, 3.8) is 0 Å². The number of nitriles is 1. The minimum atomic E-state index is -0.122. The van der Waals surface area contributed by atoms with Gasteiger partial charge in [-0.15, -0.1) is 0 Å². The number of hydrogen-bond acceptors (Lipinski definition) is 4. The molecule has 0 N–H and O–H groups in total. The van der Waals surface area contributed by atoms with E-state index in [0.29, 0.717) is 13.2 Å². The van der Waals surface area contributed by atoms with Gasteiger partial charge < -0.3 is 9.30 Å². The van der Waals surface area contributed by atoms with Crippen LogP contribution in [0.2, 0.25) is 0 Å². The van der Waals surface area contributed by atoms with Gasteiger partial charge in [-0.25, -0.2) is 9.97 Å². The van der Waals surface area contributed by atoms with Crippen molar-refractivity contribution in [3.8, 4) is 11.8 Å². The van der Waals surface area contributed by atoms with Gasteiger partial charge in [-0.05, 0) is 44.5 Å². The van der Waals surface area contributed by atoms with E-state index < -0.39 is 0 Å². The number of hydrogen-bond donors (Lipinski definition) is 0. The highest BCUT2D eigenvalue weighted by Crippen LogP contribution is 2.19. The number of ether oxygens (including phenoxy) is 1. The molecule has 0 aliphatic carbocycles. The SMILES string of the molecule is Cc1ccc(OCc2nc3cc(C)cnc3n2CC(C)C#N)cc1. The van der Waals surface area contributed by atoms with E-state index in [-0.39, 0.29) is 5.92 Å². The Balaban J connectivity index is 1.91. The molecule has 3 rings (SSSR count). The summed E-state index contributed by atoms with van der Waals surface area (Å²) in [5.74, 6) is 1.46. The fourth-order valence-electron chi connectivity index (χ4n) is 2.56. The Morgan fingerprint density at radius 1 is 1.21 bits per heavy atom. The van der Waals surface area contributed by atoms with Crippen LogP contribution >= 0.6 is 0 Å². The first-order chi connectivity index (χ1) is 11.6. The second-order valence-electron chi connectivity index (χ2n) is 6.13. The summed E-state index contributed by atoms with van der Waals surface area (Å²) in [4.78, 5) is 9.15. The molecule has 0 saturated heterocycles. The highest BCUT2D eigenvalue weighted by molar-refractivity contribution is 5.72. The molecule has 5 nitrogen and oxygen atoms in total. The van der Waals surface area contributed by atoms with E-state index in [9.17, 15) is 0 Å². The monoisotopic (exact) mass is 320 g/mol. The highest BCUT2D eigenvalue weighted by Gasteiger charge is 2.15. The van der Waals surface area contributed by atoms with Crippen LogP contribution in [0.25, 0.3) is 11.2 Å². The van der Waals surface area contributed by atoms with Gasteiger partial charge in [-0.2, -0.15) is 5.26 Å². The van der Waals surface area contributed by atoms with Gasteiger partial charge >= 0.3 is 0 Å². The topological polar surface area (TPSA) is 63.7 Å². The molecule has 0 fully saturated rings. The molecule has 5 heteroatoms. The third-order valence-electron chi connectivity index (χ3n) is 3.87. The van der Waals surface area contributed by atoms with Gasteiger partial charge in [0.2, 0.25) is 0 Å². The highest BCUT2D eigenvalue weighted by atomic mass is 16.5. The summed E-state index contributed by atoms with van der Waals surface area (Å²) >= 11 is 0. The number of nitrogens with zero attached hydrogens (tertiary/aromatic N) is 4. The normalized spacial score (nSPS) is 12.1. The molecular weight excluding hydrogens is 300 g/mol. The van der Waals surface area contributed by atoms with Crippen molar-refractivity contribution in [2.45, 2.75) is 33.9 Å². The van der Waals surface area contributed by atoms with Crippen molar-refractivity contribution in [2.24, 2.45) is 5.92 Å². The number of aryl methyl sites for hydroxylation is 2. The molecule has 122 valence electrons. The number of benzene rings is 1. The summed E-state index contributed by atoms with van der Waals surface area (Å²) in [6.45, 7) is 6.82. The van der Waals surface area contributed by atoms with Crippen LogP contribution in [0.15, 0.2) is 36.5 Å². The van der Waals surface area contributed by atoms with E-state index in [1.54, 1.807) is 0 Å². The maximum Gasteiger partial charge on any atom is 0.160 e. The maximum absolute atomic E-state index is 9.14. The molecule has 1 unspecified atom stereocenters. The van der Waals surface area contributed by atoms with Crippen LogP contribution < -0.4 is 4.74 Å². The molecule has 0 aliphatic rings. The lowest BCUT2D eigenvalue weighted by atomic mass is 10.2. The number of fused-ring (bicyclic) bond motifs is 1. The van der Waals surface area contributed by atoms with Gasteiger partial charge in [-0.3, -0.25) is 0 Å². The predicted molar refractivity (Wildman–Crippen MR) is 92.6 cm³/mol. The zero-order valence-corrected chi connectivity index (χ0v) is 14.2. The van der Waals surface area contributed by atoms with Crippen molar-refractivity contribution >= 4 is 11.2 Å². The smallest absolute Gasteiger partial charge is 0.160 e. The van der Waals surface area contributed by atoms with Crippen molar-refractivity contribution in [1.29, 1.82) is 5.26 Å². The number of rotatable bonds is 5. The number of pyridine rings is 1. The Kier molecular flexibility index (Phi) is 4.48. The summed E-state index contributed by atoms with van der Waals surface area (Å²) in [6.07, 6.45) is 1.82. The van der Waals surface area contributed by atoms with Gasteiger partial charge in [0, 0.05) is 12.7 Å². The fourth-order valence-corrected chi connectivity index (χ4v) is 2.56. The lowest BCUT2D eigenvalue weighted by molar-refractivity contribution is 0.288. The van der Waals surface area contributed by atoms with E-state index in [1.165, 1.54) is 5.56 Å². The summed E-state index contributed by atoms with van der Waals surface area (Å²) in [7, 11) is 0. The first-order valence-electron chi connectivity index (χ1n) is 7.97. The zero-order chi connectivity index (χ0) is 17.1. The lowest BCUT2D eigenvalue weighted by Crippen LogP contribution is -2.12. The summed E-state index contributed by atoms with van der Waals surface area (Å²) in [6, 6.07) is 12.2. The van der Waals surface area contributed by atoms with Gasteiger partial charge in [0.1, 0.15) is 23.7 Å². The van der Waals surface area contributed by atoms with E-state index in [2.05, 4.69) is 16.0 Å². The van der Waals surface area contributed by atoms with Gasteiger partial charge in [0.05, 0.1) is 12.0 Å². The Hall–Kier alpha value is -2.87. The van der Waals surface area contributed by atoms with Crippen molar-refractivity contribution < 1.29 is 4.74 Å². The number of aromatic nitrogens is 3. The van der Waals surface area contributed by atoms with Crippen LogP contribution in [-0.2, 0) is 13.2 Å². The third-order valence-corrected chi connectivity index (χ3v) is 3.87. The average Bonchev–Trinajstić information content (AvgIpc) is 2.91. The summed E-state index contributed by atoms with van der Waals surface area (Å²) in [5, 5.41) is 9.14. The van der Waals surface area contributed by atoms with Crippen LogP contribution in [0.3, 0.4) is 0 Å². The summed E-state index contributed by atoms with van der Waals surface area (Å²) < 4.78 is 7.85. The van der Waals surface area contributed by atoms with Crippen molar-refractivity contribution in [2.75, 3.05) is 0 Å². The standard InChI is InChI=1S/C19H20N4O/c1-13-4-6-16(7-5-13)24-12-18-22-17-8-14(2)10-21-19(17)23(18)11-15(3)9-20/h4-8,10,15H,11-12H2,1-3H3. The van der Waals surface area contributed by atoms with Crippen LogP contribution in [0, 0.1) is 31.1 Å². The van der Waals surface area contributed by atoms with Gasteiger partial charge in [0.25, 0.3) is 0 Å². The first-order valence-corrected chi connectivity index (χ1v) is 7.97. The Labute approximate surface area is 141 Å². The molecule has 2 aromatic heterocycles. The molecule has 2 heterocycles. The molecule has 0 radical (unpaired) electrons. The maximum atomic E-state index is 9.14. The first kappa shape index (κ1) is 16.0. The molecule has 0 bridgehead atoms. The Morgan fingerprint density at radius 2 is 1.96 bits per heavy atom. The molecular formula is C19H20N4O. The zero-order valence-electron chi connectivity index (χ0n) is 14.2. The van der Waals surface area contributed by atoms with Crippen LogP contribution in [-0.4, -0.2) is 14.5 Å². The second kappa shape index (κ2) is 6.71. The second-order valence-corrected chi connectivity index (χ2v) is 6.13. The molecule has 1 atom stereocenters. The molecule has 0 saturated carbocycles. The minimum absolute atomic E-state index is 0.122. The quantitative estimate of drug-likeness (QED) is 0.717. The lowest BCUT2D eigenvalue weighted by Gasteiger charge is -2.11. The Morgan fingerprint density at radius 3 is 2.67 bits per heavy atom. The fraction of sp³-hybridized carbons (Fsp3) is 0.316. The average molecular weight is 320 g/mol. The van der Waals surface area contributed by atoms with Crippen LogP contribution in [0.5, 0.6) is 5.75 Å². The van der Waals surface area contributed by atoms with Crippen LogP contribution in [0.4, 0.5) is 0 Å². The van der Waals surface area contributed by atoms with E-state index >= 15 is 0 Å². The molecule has 0 amide bonds. The van der Waals surface area contributed by atoms with Crippen molar-refractivity contribution in [1.82, 2.24) is 14.5 Å². The van der Waals surface area contributed by atoms with E-state index in [0.717, 1.165) is 28.3 Å². The van der Waals surface area contributed by atoms with Crippen molar-refractivity contribution in [3.05, 3.63) is 53.5 Å². The third kappa shape index (κ3) is 3.38. The summed E-state index contributed by atoms with van der Waals surface area (Å²) in [5.41, 5.74) is 3.89. The van der Waals surface area contributed by atoms with E-state index in [1.807, 2.05) is 61.9 Å². The minimum Gasteiger partial charge on any atom is -0.486 e. The molecule has 0 aliphatic heterocycles. The van der Waals surface area contributed by atoms with Crippen LogP contribution in [0.1, 0.15) is 23.9 Å². The van der Waals surface area contributed by atoms with Gasteiger partial charge in [0.15, 0.2) is 5.65 Å². The largest absolute Gasteiger partial charge is 0.486 e. The molecule has 1 aromatic carbocycles. The molecule has 3 aromatic rings.